The van der Waals surface area contributed by atoms with Crippen molar-refractivity contribution < 1.29 is 9.30 Å². The molecule has 2 heterocycles. The smallest absolute Gasteiger partial charge is 0.221 e. The molecule has 26 heavy (non-hydrogen) atoms. The van der Waals surface area contributed by atoms with Gasteiger partial charge in [-0.25, -0.2) is 0 Å². The maximum atomic E-state index is 5.51. The van der Waals surface area contributed by atoms with Gasteiger partial charge in [-0.1, -0.05) is 42.5 Å². The average Bonchev–Trinajstić information content (AvgIpc) is 2.73. The van der Waals surface area contributed by atoms with Gasteiger partial charge in [0.05, 0.1) is 18.1 Å². The van der Waals surface area contributed by atoms with E-state index in [1.165, 1.54) is 38.9 Å². The monoisotopic (exact) mass is 338 g/mol. The lowest BCUT2D eigenvalue weighted by Crippen LogP contribution is -2.42. The number of hydrogen-bond acceptors (Lipinski definition) is 1. The second-order valence-electron chi connectivity index (χ2n) is 6.76. The molecule has 1 aromatic heterocycles. The molecule has 0 saturated carbocycles. The van der Waals surface area contributed by atoms with Gasteiger partial charge >= 0.3 is 0 Å². The van der Waals surface area contributed by atoms with Crippen molar-refractivity contribution in [2.24, 2.45) is 0 Å². The molecule has 4 aromatic rings. The number of rotatable bonds is 2. The minimum absolute atomic E-state index is 0.909. The van der Waals surface area contributed by atoms with Gasteiger partial charge in [0.25, 0.3) is 0 Å². The van der Waals surface area contributed by atoms with Gasteiger partial charge in [-0.05, 0) is 41.3 Å². The minimum Gasteiger partial charge on any atom is -0.497 e. The Kier molecular flexibility index (Phi) is 3.49. The minimum atomic E-state index is 0.909. The van der Waals surface area contributed by atoms with Crippen LogP contribution in [0.25, 0.3) is 33.3 Å². The van der Waals surface area contributed by atoms with Crippen LogP contribution >= 0.6 is 0 Å². The lowest BCUT2D eigenvalue weighted by molar-refractivity contribution is -0.675. The van der Waals surface area contributed by atoms with Crippen LogP contribution in [0.1, 0.15) is 5.56 Å². The standard InChI is InChI=1S/C24H20NO/c1-26-20-12-11-17-13-14-25-23(18-7-3-2-4-8-18)15-19-9-5-6-10-21(19)24(25)22(17)16-20/h2-12,15-16H,13-14H2,1H3/q+1. The van der Waals surface area contributed by atoms with Crippen LogP contribution in [-0.2, 0) is 13.0 Å². The van der Waals surface area contributed by atoms with E-state index in [-0.39, 0.29) is 0 Å². The molecular formula is C24H20NO+. The SMILES string of the molecule is COc1ccc2c(c1)-c1c3ccccc3cc(-c3ccccc3)[n+]1CC2. The summed E-state index contributed by atoms with van der Waals surface area (Å²) in [6, 6.07) is 28.1. The number of methoxy groups -OCH3 is 1. The largest absolute Gasteiger partial charge is 0.497 e. The Morgan fingerprint density at radius 3 is 2.50 bits per heavy atom. The van der Waals surface area contributed by atoms with Crippen molar-refractivity contribution in [3.63, 3.8) is 0 Å². The van der Waals surface area contributed by atoms with Crippen LogP contribution in [0.5, 0.6) is 5.75 Å². The van der Waals surface area contributed by atoms with Crippen molar-refractivity contribution in [3.05, 3.63) is 84.4 Å². The molecule has 2 nitrogen and oxygen atoms in total. The highest BCUT2D eigenvalue weighted by Crippen LogP contribution is 2.36. The van der Waals surface area contributed by atoms with Gasteiger partial charge in [0.15, 0.2) is 6.54 Å². The van der Waals surface area contributed by atoms with Crippen LogP contribution in [-0.4, -0.2) is 7.11 Å². The van der Waals surface area contributed by atoms with Gasteiger partial charge in [0, 0.05) is 18.1 Å². The van der Waals surface area contributed by atoms with Gasteiger partial charge in [-0.15, -0.1) is 0 Å². The molecule has 1 aliphatic heterocycles. The van der Waals surface area contributed by atoms with E-state index in [0.717, 1.165) is 18.7 Å². The zero-order valence-corrected chi connectivity index (χ0v) is 14.8. The molecule has 0 N–H and O–H groups in total. The number of hydrogen-bond donors (Lipinski definition) is 0. The fourth-order valence-electron chi connectivity index (χ4n) is 4.05. The van der Waals surface area contributed by atoms with Crippen molar-refractivity contribution in [2.45, 2.75) is 13.0 Å². The Morgan fingerprint density at radius 1 is 0.846 bits per heavy atom. The first kappa shape index (κ1) is 15.2. The third-order valence-electron chi connectivity index (χ3n) is 5.32. The number of nitrogens with zero attached hydrogens (tertiary/aromatic N) is 1. The summed E-state index contributed by atoms with van der Waals surface area (Å²) in [5, 5.41) is 2.56. The maximum absolute atomic E-state index is 5.51. The summed E-state index contributed by atoms with van der Waals surface area (Å²) >= 11 is 0. The van der Waals surface area contributed by atoms with Crippen LogP contribution in [0.4, 0.5) is 0 Å². The summed E-state index contributed by atoms with van der Waals surface area (Å²) in [7, 11) is 1.73. The van der Waals surface area contributed by atoms with Crippen molar-refractivity contribution in [2.75, 3.05) is 7.11 Å². The lowest BCUT2D eigenvalue weighted by Gasteiger charge is -2.19. The van der Waals surface area contributed by atoms with Crippen molar-refractivity contribution in [1.29, 1.82) is 0 Å². The summed E-state index contributed by atoms with van der Waals surface area (Å²) < 4.78 is 7.98. The molecule has 5 rings (SSSR count). The number of fused-ring (bicyclic) bond motifs is 5. The summed E-state index contributed by atoms with van der Waals surface area (Å²) in [4.78, 5) is 0. The van der Waals surface area contributed by atoms with E-state index in [2.05, 4.69) is 83.4 Å². The molecule has 0 saturated heterocycles. The van der Waals surface area contributed by atoms with Crippen LogP contribution < -0.4 is 9.30 Å². The van der Waals surface area contributed by atoms with E-state index in [4.69, 9.17) is 4.74 Å². The first-order valence-electron chi connectivity index (χ1n) is 9.03. The van der Waals surface area contributed by atoms with Crippen LogP contribution in [0.2, 0.25) is 0 Å². The zero-order valence-electron chi connectivity index (χ0n) is 14.8. The molecule has 0 aliphatic carbocycles. The second kappa shape index (κ2) is 5.99. The van der Waals surface area contributed by atoms with E-state index in [1.807, 2.05) is 0 Å². The van der Waals surface area contributed by atoms with Gasteiger partial charge < -0.3 is 4.74 Å². The quantitative estimate of drug-likeness (QED) is 0.467. The summed E-state index contributed by atoms with van der Waals surface area (Å²) in [5.41, 5.74) is 6.49. The number of benzene rings is 3. The molecule has 3 aromatic carbocycles. The fourth-order valence-corrected chi connectivity index (χ4v) is 4.05. The molecule has 1 aliphatic rings. The third-order valence-corrected chi connectivity index (χ3v) is 5.32. The molecule has 0 fully saturated rings. The Balaban J connectivity index is 1.89. The third kappa shape index (κ3) is 2.30. The Hall–Kier alpha value is -3.13. The van der Waals surface area contributed by atoms with E-state index in [1.54, 1.807) is 7.11 Å². The molecule has 0 bridgehead atoms. The molecular weight excluding hydrogens is 318 g/mol. The van der Waals surface area contributed by atoms with Gasteiger partial charge in [0.1, 0.15) is 5.75 Å². The highest BCUT2D eigenvalue weighted by atomic mass is 16.5. The topological polar surface area (TPSA) is 13.1 Å². The van der Waals surface area contributed by atoms with Crippen LogP contribution in [0.15, 0.2) is 78.9 Å². The van der Waals surface area contributed by atoms with Gasteiger partial charge in [-0.2, -0.15) is 4.57 Å². The Morgan fingerprint density at radius 2 is 1.65 bits per heavy atom. The summed E-state index contributed by atoms with van der Waals surface area (Å²) in [5.74, 6) is 0.909. The van der Waals surface area contributed by atoms with Crippen LogP contribution in [0, 0.1) is 0 Å². The van der Waals surface area contributed by atoms with Crippen molar-refractivity contribution >= 4 is 10.8 Å². The summed E-state index contributed by atoms with van der Waals surface area (Å²) in [6.45, 7) is 0.990. The molecule has 126 valence electrons. The molecule has 2 heteroatoms. The lowest BCUT2D eigenvalue weighted by atomic mass is 9.92. The summed E-state index contributed by atoms with van der Waals surface area (Å²) in [6.07, 6.45) is 1.04. The Labute approximate surface area is 153 Å². The van der Waals surface area contributed by atoms with E-state index < -0.39 is 0 Å². The number of pyridine rings is 1. The highest BCUT2D eigenvalue weighted by molar-refractivity contribution is 5.95. The number of ether oxygens (including phenoxy) is 1. The number of aromatic nitrogens is 1. The van der Waals surface area contributed by atoms with E-state index in [9.17, 15) is 0 Å². The van der Waals surface area contributed by atoms with Crippen LogP contribution in [0.3, 0.4) is 0 Å². The van der Waals surface area contributed by atoms with Crippen molar-refractivity contribution in [3.8, 4) is 28.3 Å². The second-order valence-corrected chi connectivity index (χ2v) is 6.76. The highest BCUT2D eigenvalue weighted by Gasteiger charge is 2.29. The molecule has 0 atom stereocenters. The van der Waals surface area contributed by atoms with E-state index >= 15 is 0 Å². The fraction of sp³-hybridized carbons (Fsp3) is 0.125. The molecule has 0 radical (unpaired) electrons. The first-order valence-corrected chi connectivity index (χ1v) is 9.03. The molecule has 0 spiro atoms. The normalized spacial score (nSPS) is 12.5. The predicted octanol–water partition coefficient (Wildman–Crippen LogP) is 5.03. The number of aryl methyl sites for hydroxylation is 1. The Bertz CT molecular complexity index is 1120. The van der Waals surface area contributed by atoms with Gasteiger partial charge in [0.2, 0.25) is 11.4 Å². The predicted molar refractivity (Wildman–Crippen MR) is 105 cm³/mol. The van der Waals surface area contributed by atoms with E-state index in [0.29, 0.717) is 0 Å². The van der Waals surface area contributed by atoms with Crippen molar-refractivity contribution in [1.82, 2.24) is 0 Å². The molecule has 0 amide bonds. The maximum Gasteiger partial charge on any atom is 0.221 e. The first-order chi connectivity index (χ1) is 12.8. The van der Waals surface area contributed by atoms with Gasteiger partial charge in [-0.3, -0.25) is 0 Å². The zero-order chi connectivity index (χ0) is 17.5. The average molecular weight is 338 g/mol. The molecule has 0 unspecified atom stereocenters.